The molecule has 19 heavy (non-hydrogen) atoms. The largest absolute Gasteiger partial charge is 0.496 e. The lowest BCUT2D eigenvalue weighted by molar-refractivity contribution is 0.0848. The van der Waals surface area contributed by atoms with Gasteiger partial charge in [0.05, 0.1) is 7.11 Å². The van der Waals surface area contributed by atoms with Crippen LogP contribution in [0.5, 0.6) is 5.75 Å². The maximum absolute atomic E-state index is 11.9. The Hall–Kier alpha value is -2.13. The first-order valence-electron chi connectivity index (χ1n) is 6.02. The van der Waals surface area contributed by atoms with Crippen molar-refractivity contribution in [1.82, 2.24) is 0 Å². The van der Waals surface area contributed by atoms with E-state index in [2.05, 4.69) is 0 Å². The van der Waals surface area contributed by atoms with Gasteiger partial charge >= 0.3 is 0 Å². The van der Waals surface area contributed by atoms with E-state index < -0.39 is 0 Å². The highest BCUT2D eigenvalue weighted by Crippen LogP contribution is 2.30. The van der Waals surface area contributed by atoms with E-state index >= 15 is 0 Å². The van der Waals surface area contributed by atoms with E-state index in [1.165, 1.54) is 7.11 Å². The minimum Gasteiger partial charge on any atom is -0.496 e. The van der Waals surface area contributed by atoms with Crippen LogP contribution in [-0.4, -0.2) is 26.6 Å². The molecule has 0 amide bonds. The Morgan fingerprint density at radius 1 is 1.05 bits per heavy atom. The summed E-state index contributed by atoms with van der Waals surface area (Å²) in [7, 11) is 3.14. The predicted molar refractivity (Wildman–Crippen MR) is 74.6 cm³/mol. The number of benzene rings is 2. The van der Waals surface area contributed by atoms with Crippen LogP contribution in [0, 0.1) is 0 Å². The van der Waals surface area contributed by atoms with Crippen LogP contribution in [0.15, 0.2) is 48.5 Å². The molecule has 0 radical (unpaired) electrons. The van der Waals surface area contributed by atoms with Crippen LogP contribution in [0.3, 0.4) is 0 Å². The fourth-order valence-corrected chi connectivity index (χ4v) is 1.94. The van der Waals surface area contributed by atoms with Gasteiger partial charge in [0.15, 0.2) is 5.78 Å². The van der Waals surface area contributed by atoms with Crippen molar-refractivity contribution in [3.63, 3.8) is 0 Å². The number of Topliss-reactive ketones (excluding diaryl/α,β-unsaturated/α-hetero) is 1. The van der Waals surface area contributed by atoms with Crippen molar-refractivity contribution in [3.8, 4) is 16.9 Å². The molecule has 2 aromatic carbocycles. The van der Waals surface area contributed by atoms with Crippen molar-refractivity contribution >= 4 is 5.78 Å². The lowest BCUT2D eigenvalue weighted by atomic mass is 10.0. The second-order valence-electron chi connectivity index (χ2n) is 4.14. The minimum absolute atomic E-state index is 0.0395. The second-order valence-corrected chi connectivity index (χ2v) is 4.14. The molecule has 0 atom stereocenters. The number of carbonyl (C=O) groups is 1. The van der Waals surface area contributed by atoms with Crippen LogP contribution >= 0.6 is 0 Å². The van der Waals surface area contributed by atoms with Crippen molar-refractivity contribution in [1.29, 1.82) is 0 Å². The first kappa shape index (κ1) is 13.3. The van der Waals surface area contributed by atoms with Crippen molar-refractivity contribution < 1.29 is 14.3 Å². The van der Waals surface area contributed by atoms with E-state index in [-0.39, 0.29) is 12.4 Å². The number of hydrogen-bond donors (Lipinski definition) is 0. The van der Waals surface area contributed by atoms with Crippen LogP contribution in [0.25, 0.3) is 11.1 Å². The van der Waals surface area contributed by atoms with Gasteiger partial charge in [-0.05, 0) is 23.8 Å². The molecule has 0 saturated carbocycles. The Kier molecular flexibility index (Phi) is 4.31. The maximum Gasteiger partial charge on any atom is 0.188 e. The van der Waals surface area contributed by atoms with E-state index in [9.17, 15) is 4.79 Å². The molecule has 0 bridgehead atoms. The van der Waals surface area contributed by atoms with Gasteiger partial charge in [-0.1, -0.05) is 30.3 Å². The zero-order chi connectivity index (χ0) is 13.7. The molecule has 0 aliphatic rings. The zero-order valence-corrected chi connectivity index (χ0v) is 11.1. The quantitative estimate of drug-likeness (QED) is 0.771. The molecule has 0 spiro atoms. The van der Waals surface area contributed by atoms with Crippen LogP contribution in [0.1, 0.15) is 10.4 Å². The van der Waals surface area contributed by atoms with Crippen molar-refractivity contribution in [2.24, 2.45) is 0 Å². The lowest BCUT2D eigenvalue weighted by Gasteiger charge is -2.10. The highest BCUT2D eigenvalue weighted by atomic mass is 16.5. The molecule has 0 aromatic heterocycles. The Morgan fingerprint density at radius 3 is 2.42 bits per heavy atom. The van der Waals surface area contributed by atoms with Gasteiger partial charge in [0, 0.05) is 18.2 Å². The molecule has 0 heterocycles. The number of ether oxygens (including phenoxy) is 2. The van der Waals surface area contributed by atoms with Crippen molar-refractivity contribution in [2.45, 2.75) is 0 Å². The van der Waals surface area contributed by atoms with E-state index in [4.69, 9.17) is 9.47 Å². The molecule has 98 valence electrons. The van der Waals surface area contributed by atoms with E-state index in [1.807, 2.05) is 42.5 Å². The summed E-state index contributed by atoms with van der Waals surface area (Å²) >= 11 is 0. The summed E-state index contributed by atoms with van der Waals surface area (Å²) in [5.74, 6) is 0.711. The fraction of sp³-hybridized carbons (Fsp3) is 0.188. The molecular formula is C16H16O3. The first-order valence-corrected chi connectivity index (χ1v) is 6.02. The lowest BCUT2D eigenvalue weighted by Crippen LogP contribution is -2.07. The summed E-state index contributed by atoms with van der Waals surface area (Å²) in [6, 6.07) is 15.3. The number of methoxy groups -OCH3 is 2. The highest BCUT2D eigenvalue weighted by molar-refractivity contribution is 5.98. The third-order valence-corrected chi connectivity index (χ3v) is 2.88. The molecule has 2 aromatic rings. The minimum atomic E-state index is -0.0395. The number of carbonyl (C=O) groups excluding carboxylic acids is 1. The molecule has 0 aliphatic heterocycles. The molecule has 2 rings (SSSR count). The van der Waals surface area contributed by atoms with Gasteiger partial charge < -0.3 is 9.47 Å². The molecule has 0 N–H and O–H groups in total. The SMILES string of the molecule is COCC(=O)c1ccc(OC)c(-c2ccccc2)c1. The summed E-state index contributed by atoms with van der Waals surface area (Å²) in [4.78, 5) is 11.9. The Morgan fingerprint density at radius 2 is 1.79 bits per heavy atom. The standard InChI is InChI=1S/C16H16O3/c1-18-11-15(17)13-8-9-16(19-2)14(10-13)12-6-4-3-5-7-12/h3-10H,11H2,1-2H3. The normalized spacial score (nSPS) is 10.2. The summed E-state index contributed by atoms with van der Waals surface area (Å²) < 4.78 is 10.2. The van der Waals surface area contributed by atoms with Gasteiger partial charge in [-0.2, -0.15) is 0 Å². The number of rotatable bonds is 5. The summed E-state index contributed by atoms with van der Waals surface area (Å²) in [6.45, 7) is 0.0839. The molecule has 0 saturated heterocycles. The highest BCUT2D eigenvalue weighted by Gasteiger charge is 2.11. The average molecular weight is 256 g/mol. The molecule has 0 aliphatic carbocycles. The van der Waals surface area contributed by atoms with Crippen LogP contribution in [-0.2, 0) is 4.74 Å². The number of ketones is 1. The van der Waals surface area contributed by atoms with Gasteiger partial charge in [-0.3, -0.25) is 4.79 Å². The molecule has 0 fully saturated rings. The maximum atomic E-state index is 11.9. The van der Waals surface area contributed by atoms with Crippen molar-refractivity contribution in [2.75, 3.05) is 20.8 Å². The Balaban J connectivity index is 2.46. The van der Waals surface area contributed by atoms with Gasteiger partial charge in [-0.15, -0.1) is 0 Å². The molecular weight excluding hydrogens is 240 g/mol. The second kappa shape index (κ2) is 6.16. The monoisotopic (exact) mass is 256 g/mol. The first-order chi connectivity index (χ1) is 9.26. The molecule has 3 heteroatoms. The van der Waals surface area contributed by atoms with Crippen LogP contribution < -0.4 is 4.74 Å². The van der Waals surface area contributed by atoms with E-state index in [0.717, 1.165) is 16.9 Å². The van der Waals surface area contributed by atoms with Gasteiger partial charge in [0.25, 0.3) is 0 Å². The third kappa shape index (κ3) is 3.01. The third-order valence-electron chi connectivity index (χ3n) is 2.88. The fourth-order valence-electron chi connectivity index (χ4n) is 1.94. The van der Waals surface area contributed by atoms with Gasteiger partial charge in [0.2, 0.25) is 0 Å². The van der Waals surface area contributed by atoms with Crippen LogP contribution in [0.4, 0.5) is 0 Å². The van der Waals surface area contributed by atoms with Crippen molar-refractivity contribution in [3.05, 3.63) is 54.1 Å². The van der Waals surface area contributed by atoms with Gasteiger partial charge in [-0.25, -0.2) is 0 Å². The smallest absolute Gasteiger partial charge is 0.188 e. The zero-order valence-electron chi connectivity index (χ0n) is 11.1. The van der Waals surface area contributed by atoms with Gasteiger partial charge in [0.1, 0.15) is 12.4 Å². The number of hydrogen-bond acceptors (Lipinski definition) is 3. The average Bonchev–Trinajstić information content (AvgIpc) is 2.47. The Labute approximate surface area is 112 Å². The predicted octanol–water partition coefficient (Wildman–Crippen LogP) is 3.19. The van der Waals surface area contributed by atoms with Crippen LogP contribution in [0.2, 0.25) is 0 Å². The van der Waals surface area contributed by atoms with E-state index in [1.54, 1.807) is 13.2 Å². The summed E-state index contributed by atoms with van der Waals surface area (Å²) in [5.41, 5.74) is 2.55. The summed E-state index contributed by atoms with van der Waals surface area (Å²) in [5, 5.41) is 0. The Bertz CT molecular complexity index is 561. The topological polar surface area (TPSA) is 35.5 Å². The molecule has 3 nitrogen and oxygen atoms in total. The molecule has 0 unspecified atom stereocenters. The van der Waals surface area contributed by atoms with E-state index in [0.29, 0.717) is 5.56 Å². The summed E-state index contributed by atoms with van der Waals surface area (Å²) in [6.07, 6.45) is 0.